The van der Waals surface area contributed by atoms with Gasteiger partial charge in [-0.2, -0.15) is 5.10 Å². The molecule has 2 aromatic rings. The molecule has 1 atom stereocenters. The SMILES string of the molecule is C=CC(=N/C(C)=C(\C)N1CCN(C2CCN(Cc3ccc(F)c(F)c3)CC2)C(CC)C1)c1ncn[nH]1. The van der Waals surface area contributed by atoms with Crippen LogP contribution in [0.5, 0.6) is 0 Å². The quantitative estimate of drug-likeness (QED) is 0.549. The molecule has 0 spiro atoms. The minimum absolute atomic E-state index is 0.487. The number of aliphatic imine (C=N–C) groups is 1. The number of piperazine rings is 1. The Bertz CT molecular complexity index is 1090. The van der Waals surface area contributed by atoms with Gasteiger partial charge in [0, 0.05) is 44.0 Å². The van der Waals surface area contributed by atoms with Crippen molar-refractivity contribution in [3.05, 3.63) is 71.6 Å². The average molecular weight is 498 g/mol. The van der Waals surface area contributed by atoms with Gasteiger partial charge in [-0.1, -0.05) is 19.6 Å². The molecule has 0 radical (unpaired) electrons. The van der Waals surface area contributed by atoms with E-state index >= 15 is 0 Å². The van der Waals surface area contributed by atoms with Crippen LogP contribution in [0.2, 0.25) is 0 Å². The van der Waals surface area contributed by atoms with Gasteiger partial charge in [0.2, 0.25) is 0 Å². The van der Waals surface area contributed by atoms with Crippen molar-refractivity contribution in [3.63, 3.8) is 0 Å². The first-order valence-electron chi connectivity index (χ1n) is 12.8. The predicted molar refractivity (Wildman–Crippen MR) is 139 cm³/mol. The molecule has 0 bridgehead atoms. The topological polar surface area (TPSA) is 63.6 Å². The van der Waals surface area contributed by atoms with Gasteiger partial charge in [0.1, 0.15) is 12.0 Å². The van der Waals surface area contributed by atoms with E-state index in [0.29, 0.717) is 30.2 Å². The Kier molecular flexibility index (Phi) is 8.64. The summed E-state index contributed by atoms with van der Waals surface area (Å²) < 4.78 is 26.8. The number of halogens is 2. The molecule has 2 fully saturated rings. The Morgan fingerprint density at radius 2 is 1.94 bits per heavy atom. The van der Waals surface area contributed by atoms with Crippen molar-refractivity contribution < 1.29 is 8.78 Å². The summed E-state index contributed by atoms with van der Waals surface area (Å²) in [5.41, 5.74) is 3.64. The lowest BCUT2D eigenvalue weighted by Gasteiger charge is -2.48. The minimum atomic E-state index is -0.787. The molecule has 194 valence electrons. The van der Waals surface area contributed by atoms with Crippen LogP contribution < -0.4 is 0 Å². The number of H-pyrrole nitrogens is 1. The third-order valence-corrected chi connectivity index (χ3v) is 7.55. The first-order valence-corrected chi connectivity index (χ1v) is 12.8. The Hall–Kier alpha value is -2.91. The molecule has 4 rings (SSSR count). The van der Waals surface area contributed by atoms with Crippen LogP contribution in [-0.2, 0) is 6.54 Å². The van der Waals surface area contributed by atoms with E-state index in [0.717, 1.165) is 63.2 Å². The largest absolute Gasteiger partial charge is 0.371 e. The van der Waals surface area contributed by atoms with E-state index in [1.807, 2.05) is 6.92 Å². The molecule has 9 heteroatoms. The zero-order valence-corrected chi connectivity index (χ0v) is 21.6. The van der Waals surface area contributed by atoms with Crippen molar-refractivity contribution in [1.82, 2.24) is 29.9 Å². The molecule has 2 aliphatic rings. The van der Waals surface area contributed by atoms with E-state index in [9.17, 15) is 8.78 Å². The second kappa shape index (κ2) is 11.9. The Morgan fingerprint density at radius 1 is 1.17 bits per heavy atom. The Balaban J connectivity index is 1.35. The fraction of sp³-hybridized carbons (Fsp3) is 0.519. The molecular weight excluding hydrogens is 460 g/mol. The van der Waals surface area contributed by atoms with Gasteiger partial charge >= 0.3 is 0 Å². The lowest BCUT2D eigenvalue weighted by atomic mass is 9.97. The summed E-state index contributed by atoms with van der Waals surface area (Å²) in [5, 5.41) is 6.76. The molecule has 0 saturated carbocycles. The highest BCUT2D eigenvalue weighted by atomic mass is 19.2. The lowest BCUT2D eigenvalue weighted by molar-refractivity contribution is 0.0223. The van der Waals surface area contributed by atoms with E-state index < -0.39 is 11.6 Å². The Labute approximate surface area is 212 Å². The number of aromatic nitrogens is 3. The normalized spacial score (nSPS) is 21.5. The molecule has 1 N–H and O–H groups in total. The summed E-state index contributed by atoms with van der Waals surface area (Å²) >= 11 is 0. The summed E-state index contributed by atoms with van der Waals surface area (Å²) in [6, 6.07) is 5.27. The standard InChI is InChI=1S/C27H37F2N7/c1-5-22-17-35(20(4)19(3)32-26(6-2)27-30-18-31-33-27)13-14-36(22)23-9-11-34(12-10-23)16-21-7-8-24(28)25(29)15-21/h6-8,15,18,22-23H,2,5,9-14,16-17H2,1,3-4H3,(H,30,31,33)/b20-19+,32-26?. The fourth-order valence-electron chi connectivity index (χ4n) is 5.34. The zero-order valence-electron chi connectivity index (χ0n) is 21.6. The number of nitrogens with one attached hydrogen (secondary N) is 1. The van der Waals surface area contributed by atoms with Gasteiger partial charge < -0.3 is 4.90 Å². The van der Waals surface area contributed by atoms with Gasteiger partial charge in [-0.25, -0.2) is 18.8 Å². The molecule has 3 heterocycles. The number of hydrogen-bond donors (Lipinski definition) is 1. The van der Waals surface area contributed by atoms with Gasteiger partial charge in [0.15, 0.2) is 17.5 Å². The summed E-state index contributed by atoms with van der Waals surface area (Å²) in [6.45, 7) is 15.9. The maximum Gasteiger partial charge on any atom is 0.174 e. The summed E-state index contributed by atoms with van der Waals surface area (Å²) in [7, 11) is 0. The summed E-state index contributed by atoms with van der Waals surface area (Å²) in [4.78, 5) is 16.4. The molecule has 1 aromatic carbocycles. The van der Waals surface area contributed by atoms with Gasteiger partial charge in [-0.05, 0) is 70.0 Å². The number of likely N-dealkylation sites (tertiary alicyclic amines) is 1. The van der Waals surface area contributed by atoms with E-state index in [4.69, 9.17) is 4.99 Å². The van der Waals surface area contributed by atoms with Gasteiger partial charge in [-0.15, -0.1) is 0 Å². The van der Waals surface area contributed by atoms with Crippen LogP contribution in [0.25, 0.3) is 0 Å². The second-order valence-corrected chi connectivity index (χ2v) is 9.71. The molecular formula is C27H37F2N7. The van der Waals surface area contributed by atoms with Crippen LogP contribution in [0.1, 0.15) is 51.4 Å². The average Bonchev–Trinajstić information content (AvgIpc) is 3.44. The number of piperidine rings is 1. The number of aromatic amines is 1. The van der Waals surface area contributed by atoms with Gasteiger partial charge in [-0.3, -0.25) is 14.9 Å². The highest BCUT2D eigenvalue weighted by molar-refractivity contribution is 6.06. The van der Waals surface area contributed by atoms with Crippen LogP contribution in [0.15, 0.2) is 53.6 Å². The van der Waals surface area contributed by atoms with E-state index in [1.54, 1.807) is 12.1 Å². The van der Waals surface area contributed by atoms with Crippen LogP contribution in [-0.4, -0.2) is 80.4 Å². The highest BCUT2D eigenvalue weighted by Crippen LogP contribution is 2.26. The third kappa shape index (κ3) is 6.07. The van der Waals surface area contributed by atoms with Gasteiger partial charge in [0.05, 0.1) is 5.70 Å². The van der Waals surface area contributed by atoms with Crippen molar-refractivity contribution in [1.29, 1.82) is 0 Å². The monoisotopic (exact) mass is 497 g/mol. The predicted octanol–water partition coefficient (Wildman–Crippen LogP) is 4.37. The molecule has 2 aliphatic heterocycles. The minimum Gasteiger partial charge on any atom is -0.371 e. The molecule has 1 aromatic heterocycles. The van der Waals surface area contributed by atoms with E-state index in [-0.39, 0.29) is 0 Å². The number of benzene rings is 1. The maximum absolute atomic E-state index is 13.6. The fourth-order valence-corrected chi connectivity index (χ4v) is 5.34. The number of hydrogen-bond acceptors (Lipinski definition) is 6. The van der Waals surface area contributed by atoms with Crippen molar-refractivity contribution in [2.75, 3.05) is 32.7 Å². The molecule has 1 unspecified atom stereocenters. The van der Waals surface area contributed by atoms with E-state index in [2.05, 4.69) is 50.3 Å². The van der Waals surface area contributed by atoms with Crippen LogP contribution in [0.4, 0.5) is 8.78 Å². The third-order valence-electron chi connectivity index (χ3n) is 7.55. The van der Waals surface area contributed by atoms with Crippen molar-refractivity contribution in [2.45, 2.75) is 58.7 Å². The summed E-state index contributed by atoms with van der Waals surface area (Å²) in [6.07, 6.45) is 6.45. The Morgan fingerprint density at radius 3 is 2.58 bits per heavy atom. The van der Waals surface area contributed by atoms with Crippen LogP contribution >= 0.6 is 0 Å². The first-order chi connectivity index (χ1) is 17.4. The van der Waals surface area contributed by atoms with Crippen LogP contribution in [0.3, 0.4) is 0 Å². The zero-order chi connectivity index (χ0) is 25.7. The highest BCUT2D eigenvalue weighted by Gasteiger charge is 2.33. The molecule has 0 aliphatic carbocycles. The van der Waals surface area contributed by atoms with Crippen molar-refractivity contribution in [3.8, 4) is 0 Å². The maximum atomic E-state index is 13.6. The summed E-state index contributed by atoms with van der Waals surface area (Å²) in [5.74, 6) is -0.940. The van der Waals surface area contributed by atoms with Crippen molar-refractivity contribution in [2.24, 2.45) is 4.99 Å². The second-order valence-electron chi connectivity index (χ2n) is 9.71. The van der Waals surface area contributed by atoms with Crippen LogP contribution in [0, 0.1) is 11.6 Å². The molecule has 7 nitrogen and oxygen atoms in total. The molecule has 36 heavy (non-hydrogen) atoms. The smallest absolute Gasteiger partial charge is 0.174 e. The first kappa shape index (κ1) is 26.2. The molecule has 2 saturated heterocycles. The molecule has 0 amide bonds. The van der Waals surface area contributed by atoms with E-state index in [1.165, 1.54) is 24.2 Å². The number of nitrogens with zero attached hydrogens (tertiary/aromatic N) is 6. The number of allylic oxidation sites excluding steroid dienone is 3. The lowest BCUT2D eigenvalue weighted by Crippen LogP contribution is -2.57. The van der Waals surface area contributed by atoms with Gasteiger partial charge in [0.25, 0.3) is 0 Å². The van der Waals surface area contributed by atoms with Crippen molar-refractivity contribution >= 4 is 5.71 Å². The number of rotatable bonds is 8.